The first-order valence-corrected chi connectivity index (χ1v) is 6.39. The highest BCUT2D eigenvalue weighted by Gasteiger charge is 2.10. The predicted molar refractivity (Wildman–Crippen MR) is 72.7 cm³/mol. The number of benzene rings is 1. The summed E-state index contributed by atoms with van der Waals surface area (Å²) in [5, 5.41) is 23.2. The van der Waals surface area contributed by atoms with E-state index in [4.69, 9.17) is 33.2 Å². The van der Waals surface area contributed by atoms with Gasteiger partial charge in [0, 0.05) is 11.1 Å². The summed E-state index contributed by atoms with van der Waals surface area (Å²) in [5.41, 5.74) is 0. The Morgan fingerprint density at radius 2 is 2.25 bits per heavy atom. The molecule has 0 unspecified atom stereocenters. The Balaban J connectivity index is 1.90. The second-order valence-electron chi connectivity index (χ2n) is 3.94. The number of ether oxygens (including phenoxy) is 1. The third kappa shape index (κ3) is 3.84. The van der Waals surface area contributed by atoms with Crippen molar-refractivity contribution in [3.63, 3.8) is 0 Å². The molecule has 1 N–H and O–H groups in total. The SMILES string of the molecule is N#Cc1ncn(C[C@H](O)COc2cc(Cl)ccc2Cl)n1. The summed E-state index contributed by atoms with van der Waals surface area (Å²) in [4.78, 5) is 3.73. The van der Waals surface area contributed by atoms with Crippen LogP contribution in [0.1, 0.15) is 5.82 Å². The second kappa shape index (κ2) is 6.57. The molecule has 6 nitrogen and oxygen atoms in total. The molecule has 0 saturated carbocycles. The van der Waals surface area contributed by atoms with Gasteiger partial charge in [0.05, 0.1) is 11.6 Å². The molecule has 8 heteroatoms. The number of aromatic nitrogens is 3. The van der Waals surface area contributed by atoms with Gasteiger partial charge in [-0.05, 0) is 12.1 Å². The van der Waals surface area contributed by atoms with Crippen molar-refractivity contribution >= 4 is 23.2 Å². The molecule has 0 aliphatic carbocycles. The van der Waals surface area contributed by atoms with Gasteiger partial charge >= 0.3 is 0 Å². The van der Waals surface area contributed by atoms with Gasteiger partial charge in [-0.15, -0.1) is 5.10 Å². The van der Waals surface area contributed by atoms with E-state index in [1.807, 2.05) is 0 Å². The Morgan fingerprint density at radius 1 is 1.45 bits per heavy atom. The highest BCUT2D eigenvalue weighted by atomic mass is 35.5. The lowest BCUT2D eigenvalue weighted by molar-refractivity contribution is 0.0893. The van der Waals surface area contributed by atoms with Gasteiger partial charge in [-0.3, -0.25) is 0 Å². The zero-order valence-corrected chi connectivity index (χ0v) is 11.7. The van der Waals surface area contributed by atoms with Crippen LogP contribution < -0.4 is 4.74 Å². The van der Waals surface area contributed by atoms with Gasteiger partial charge in [-0.25, -0.2) is 9.67 Å². The Morgan fingerprint density at radius 3 is 2.95 bits per heavy atom. The molecule has 1 aromatic heterocycles. The number of hydrogen-bond donors (Lipinski definition) is 1. The Kier molecular flexibility index (Phi) is 4.79. The number of hydrogen-bond acceptors (Lipinski definition) is 5. The van der Waals surface area contributed by atoms with Crippen molar-refractivity contribution in [3.05, 3.63) is 40.4 Å². The van der Waals surface area contributed by atoms with E-state index < -0.39 is 6.10 Å². The molecule has 104 valence electrons. The lowest BCUT2D eigenvalue weighted by Crippen LogP contribution is -2.24. The quantitative estimate of drug-likeness (QED) is 0.911. The molecule has 2 rings (SSSR count). The number of aliphatic hydroxyl groups is 1. The van der Waals surface area contributed by atoms with Crippen LogP contribution in [0, 0.1) is 11.3 Å². The van der Waals surface area contributed by atoms with Gasteiger partial charge in [-0.1, -0.05) is 23.2 Å². The fraction of sp³-hybridized carbons (Fsp3) is 0.250. The molecule has 0 aliphatic heterocycles. The molecular weight excluding hydrogens is 303 g/mol. The summed E-state index contributed by atoms with van der Waals surface area (Å²) in [6, 6.07) is 6.63. The minimum Gasteiger partial charge on any atom is -0.489 e. The van der Waals surface area contributed by atoms with Gasteiger partial charge in [0.25, 0.3) is 5.82 Å². The number of nitrogens with zero attached hydrogens (tertiary/aromatic N) is 4. The van der Waals surface area contributed by atoms with Crippen molar-refractivity contribution in [2.45, 2.75) is 12.6 Å². The van der Waals surface area contributed by atoms with E-state index in [-0.39, 0.29) is 19.0 Å². The van der Waals surface area contributed by atoms with Gasteiger partial charge in [0.2, 0.25) is 0 Å². The summed E-state index contributed by atoms with van der Waals surface area (Å²) in [6.07, 6.45) is 0.548. The molecule has 0 fully saturated rings. The smallest absolute Gasteiger partial charge is 0.252 e. The van der Waals surface area contributed by atoms with Crippen molar-refractivity contribution in [2.24, 2.45) is 0 Å². The van der Waals surface area contributed by atoms with Crippen molar-refractivity contribution in [1.82, 2.24) is 14.8 Å². The van der Waals surface area contributed by atoms with Crippen LogP contribution in [0.5, 0.6) is 5.75 Å². The summed E-state index contributed by atoms with van der Waals surface area (Å²) in [5.74, 6) is 0.450. The van der Waals surface area contributed by atoms with Crippen molar-refractivity contribution < 1.29 is 9.84 Å². The van der Waals surface area contributed by atoms with Crippen molar-refractivity contribution in [2.75, 3.05) is 6.61 Å². The highest BCUT2D eigenvalue weighted by Crippen LogP contribution is 2.27. The Hall–Kier alpha value is -1.81. The van der Waals surface area contributed by atoms with Crippen LogP contribution in [0.15, 0.2) is 24.5 Å². The van der Waals surface area contributed by atoms with Crippen molar-refractivity contribution in [1.29, 1.82) is 5.26 Å². The zero-order valence-electron chi connectivity index (χ0n) is 10.2. The molecule has 0 aliphatic rings. The van der Waals surface area contributed by atoms with Crippen LogP contribution in [0.2, 0.25) is 10.0 Å². The maximum Gasteiger partial charge on any atom is 0.252 e. The molecule has 1 atom stereocenters. The molecule has 0 radical (unpaired) electrons. The highest BCUT2D eigenvalue weighted by molar-refractivity contribution is 6.34. The van der Waals surface area contributed by atoms with Crippen LogP contribution in [0.3, 0.4) is 0 Å². The monoisotopic (exact) mass is 312 g/mol. The van der Waals surface area contributed by atoms with Crippen molar-refractivity contribution in [3.8, 4) is 11.8 Å². The Bertz CT molecular complexity index is 639. The van der Waals surface area contributed by atoms with E-state index in [9.17, 15) is 5.11 Å². The summed E-state index contributed by atoms with van der Waals surface area (Å²) in [6.45, 7) is 0.175. The van der Waals surface area contributed by atoms with E-state index in [0.717, 1.165) is 0 Å². The number of rotatable bonds is 5. The van der Waals surface area contributed by atoms with Crippen LogP contribution >= 0.6 is 23.2 Å². The minimum absolute atomic E-state index is 0.0157. The third-order valence-electron chi connectivity index (χ3n) is 2.36. The number of nitriles is 1. The second-order valence-corrected chi connectivity index (χ2v) is 4.79. The molecule has 1 aromatic carbocycles. The average Bonchev–Trinajstić information content (AvgIpc) is 2.87. The summed E-state index contributed by atoms with van der Waals surface area (Å²) < 4.78 is 6.76. The van der Waals surface area contributed by atoms with Gasteiger partial charge in [0.1, 0.15) is 30.9 Å². The fourth-order valence-electron chi connectivity index (χ4n) is 1.48. The molecular formula is C12H10Cl2N4O2. The van der Waals surface area contributed by atoms with E-state index in [1.54, 1.807) is 24.3 Å². The van der Waals surface area contributed by atoms with Crippen LogP contribution in [0.4, 0.5) is 0 Å². The first kappa shape index (κ1) is 14.6. The van der Waals surface area contributed by atoms with E-state index in [0.29, 0.717) is 15.8 Å². The van der Waals surface area contributed by atoms with Gasteiger partial charge in [0.15, 0.2) is 0 Å². The molecule has 2 aromatic rings. The van der Waals surface area contributed by atoms with Gasteiger partial charge < -0.3 is 9.84 Å². The lowest BCUT2D eigenvalue weighted by Gasteiger charge is -2.13. The first-order chi connectivity index (χ1) is 9.58. The Labute approximate surface area is 125 Å². The summed E-state index contributed by atoms with van der Waals surface area (Å²) >= 11 is 11.8. The van der Waals surface area contributed by atoms with E-state index in [2.05, 4.69) is 10.1 Å². The van der Waals surface area contributed by atoms with Gasteiger partial charge in [-0.2, -0.15) is 5.26 Å². The number of aliphatic hydroxyl groups excluding tert-OH is 1. The molecule has 20 heavy (non-hydrogen) atoms. The van der Waals surface area contributed by atoms with Crippen LogP contribution in [-0.2, 0) is 6.54 Å². The molecule has 0 spiro atoms. The van der Waals surface area contributed by atoms with Crippen LogP contribution in [-0.4, -0.2) is 32.6 Å². The first-order valence-electron chi connectivity index (χ1n) is 5.64. The standard InChI is InChI=1S/C12H10Cl2N4O2/c13-8-1-2-10(14)11(3-8)20-6-9(19)5-18-7-16-12(4-15)17-18/h1-3,7,9,19H,5-6H2/t9-/m0/s1. The zero-order chi connectivity index (χ0) is 14.5. The average molecular weight is 313 g/mol. The maximum atomic E-state index is 9.83. The molecule has 0 bridgehead atoms. The molecule has 0 saturated heterocycles. The maximum absolute atomic E-state index is 9.83. The van der Waals surface area contributed by atoms with E-state index in [1.165, 1.54) is 11.0 Å². The molecule has 1 heterocycles. The molecule has 0 amide bonds. The predicted octanol–water partition coefficient (Wildman–Crippen LogP) is 1.90. The van der Waals surface area contributed by atoms with Crippen LogP contribution in [0.25, 0.3) is 0 Å². The largest absolute Gasteiger partial charge is 0.489 e. The fourth-order valence-corrected chi connectivity index (χ4v) is 1.81. The lowest BCUT2D eigenvalue weighted by atomic mass is 10.3. The normalized spacial score (nSPS) is 11.9. The number of halogens is 2. The summed E-state index contributed by atoms with van der Waals surface area (Å²) in [7, 11) is 0. The third-order valence-corrected chi connectivity index (χ3v) is 2.91. The minimum atomic E-state index is -0.821. The van der Waals surface area contributed by atoms with E-state index >= 15 is 0 Å². The topological polar surface area (TPSA) is 84.0 Å².